The van der Waals surface area contributed by atoms with Gasteiger partial charge in [-0.1, -0.05) is 11.6 Å². The maximum Gasteiger partial charge on any atom is 0.180 e. The van der Waals surface area contributed by atoms with E-state index in [0.29, 0.717) is 23.1 Å². The van der Waals surface area contributed by atoms with E-state index in [1.807, 2.05) is 19.1 Å². The van der Waals surface area contributed by atoms with Gasteiger partial charge in [-0.25, -0.2) is 0 Å². The van der Waals surface area contributed by atoms with Crippen LogP contribution in [0, 0.1) is 12.3 Å². The van der Waals surface area contributed by atoms with E-state index in [9.17, 15) is 0 Å². The zero-order chi connectivity index (χ0) is 12.8. The highest BCUT2D eigenvalue weighted by Gasteiger charge is 2.06. The lowest BCUT2D eigenvalue weighted by atomic mass is 10.0. The second-order valence-corrected chi connectivity index (χ2v) is 4.30. The van der Waals surface area contributed by atoms with E-state index in [1.54, 1.807) is 7.11 Å². The first-order chi connectivity index (χ1) is 8.08. The van der Waals surface area contributed by atoms with Crippen molar-refractivity contribution < 1.29 is 9.47 Å². The highest BCUT2D eigenvalue weighted by Crippen LogP contribution is 2.28. The van der Waals surface area contributed by atoms with Gasteiger partial charge in [0.25, 0.3) is 0 Å². The topological polar surface area (TPSA) is 42.3 Å². The molecular weight excluding hydrogens is 238 g/mol. The van der Waals surface area contributed by atoms with Crippen LogP contribution in [-0.4, -0.2) is 20.1 Å². The fourth-order valence-corrected chi connectivity index (χ4v) is 1.93. The zero-order valence-electron chi connectivity index (χ0n) is 10.5. The summed E-state index contributed by atoms with van der Waals surface area (Å²) in [5.74, 6) is 1.03. The fraction of sp³-hybridized carbons (Fsp3) is 0.462. The Labute approximate surface area is 107 Å². The minimum Gasteiger partial charge on any atom is -0.495 e. The summed E-state index contributed by atoms with van der Waals surface area (Å²) >= 11 is 6.08. The number of nitrogens with one attached hydrogen (secondary N) is 1. The molecule has 1 aromatic rings. The number of methoxy groups -OCH3 is 2. The van der Waals surface area contributed by atoms with E-state index in [1.165, 1.54) is 12.7 Å². The Morgan fingerprint density at radius 2 is 2.06 bits per heavy atom. The molecule has 0 aliphatic heterocycles. The quantitative estimate of drug-likeness (QED) is 0.645. The molecule has 1 aromatic carbocycles. The molecule has 1 N–H and O–H groups in total. The number of hydrogen-bond acceptors (Lipinski definition) is 3. The second kappa shape index (κ2) is 6.50. The normalized spacial score (nSPS) is 10.1. The van der Waals surface area contributed by atoms with Crippen LogP contribution in [0.2, 0.25) is 5.02 Å². The van der Waals surface area contributed by atoms with Crippen molar-refractivity contribution in [3.8, 4) is 5.75 Å². The summed E-state index contributed by atoms with van der Waals surface area (Å²) in [6, 6.07) is 3.88. The predicted octanol–water partition coefficient (Wildman–Crippen LogP) is 3.60. The lowest BCUT2D eigenvalue weighted by Crippen LogP contribution is -2.00. The van der Waals surface area contributed by atoms with E-state index in [2.05, 4.69) is 0 Å². The number of aryl methyl sites for hydroxylation is 2. The third-order valence-electron chi connectivity index (χ3n) is 2.71. The molecule has 1 rings (SSSR count). The van der Waals surface area contributed by atoms with Gasteiger partial charge in [0.1, 0.15) is 5.75 Å². The van der Waals surface area contributed by atoms with Crippen LogP contribution in [0.3, 0.4) is 0 Å². The zero-order valence-corrected chi connectivity index (χ0v) is 11.2. The second-order valence-electron chi connectivity index (χ2n) is 3.89. The van der Waals surface area contributed by atoms with Crippen molar-refractivity contribution in [1.82, 2.24) is 0 Å². The average molecular weight is 256 g/mol. The Morgan fingerprint density at radius 1 is 1.35 bits per heavy atom. The molecule has 4 heteroatoms. The molecule has 94 valence electrons. The van der Waals surface area contributed by atoms with Crippen molar-refractivity contribution in [3.05, 3.63) is 28.3 Å². The molecule has 0 amide bonds. The van der Waals surface area contributed by atoms with Gasteiger partial charge in [0.15, 0.2) is 5.90 Å². The average Bonchev–Trinajstić information content (AvgIpc) is 2.32. The highest BCUT2D eigenvalue weighted by atomic mass is 35.5. The predicted molar refractivity (Wildman–Crippen MR) is 70.4 cm³/mol. The van der Waals surface area contributed by atoms with Gasteiger partial charge in [0, 0.05) is 6.42 Å². The molecule has 0 aromatic heterocycles. The van der Waals surface area contributed by atoms with E-state index in [4.69, 9.17) is 26.5 Å². The first-order valence-corrected chi connectivity index (χ1v) is 5.90. The summed E-state index contributed by atoms with van der Waals surface area (Å²) in [7, 11) is 3.14. The first kappa shape index (κ1) is 13.8. The smallest absolute Gasteiger partial charge is 0.180 e. The fourth-order valence-electron chi connectivity index (χ4n) is 1.66. The maximum atomic E-state index is 7.39. The molecule has 0 radical (unpaired) electrons. The standard InChI is InChI=1S/C13H18ClNO2/c1-9-7-12(16-2)11(14)8-10(9)5-4-6-13(15)17-3/h7-8,15H,4-6H2,1-3H3. The van der Waals surface area contributed by atoms with Crippen LogP contribution in [0.5, 0.6) is 5.75 Å². The molecule has 0 heterocycles. The van der Waals surface area contributed by atoms with Gasteiger partial charge in [-0.15, -0.1) is 0 Å². The molecule has 0 saturated heterocycles. The van der Waals surface area contributed by atoms with E-state index < -0.39 is 0 Å². The molecule has 0 spiro atoms. The van der Waals surface area contributed by atoms with Crippen molar-refractivity contribution in [2.45, 2.75) is 26.2 Å². The summed E-state index contributed by atoms with van der Waals surface area (Å²) in [6.07, 6.45) is 2.43. The maximum absolute atomic E-state index is 7.39. The van der Waals surface area contributed by atoms with Crippen LogP contribution in [0.4, 0.5) is 0 Å². The summed E-state index contributed by atoms with van der Waals surface area (Å²) < 4.78 is 9.97. The van der Waals surface area contributed by atoms with Gasteiger partial charge in [-0.05, 0) is 43.0 Å². The lowest BCUT2D eigenvalue weighted by Gasteiger charge is -2.10. The largest absolute Gasteiger partial charge is 0.495 e. The van der Waals surface area contributed by atoms with Gasteiger partial charge >= 0.3 is 0 Å². The summed E-state index contributed by atoms with van der Waals surface area (Å²) in [5.41, 5.74) is 2.36. The Morgan fingerprint density at radius 3 is 2.65 bits per heavy atom. The third-order valence-corrected chi connectivity index (χ3v) is 3.00. The highest BCUT2D eigenvalue weighted by molar-refractivity contribution is 6.32. The monoisotopic (exact) mass is 255 g/mol. The Balaban J connectivity index is 2.65. The summed E-state index contributed by atoms with van der Waals surface area (Å²) in [5, 5.41) is 8.03. The summed E-state index contributed by atoms with van der Waals surface area (Å²) in [6.45, 7) is 2.04. The number of benzene rings is 1. The van der Waals surface area contributed by atoms with E-state index in [0.717, 1.165) is 18.4 Å². The molecule has 0 fully saturated rings. The third kappa shape index (κ3) is 3.93. The van der Waals surface area contributed by atoms with Gasteiger partial charge in [0.2, 0.25) is 0 Å². The van der Waals surface area contributed by atoms with Crippen molar-refractivity contribution in [2.24, 2.45) is 0 Å². The Bertz CT molecular complexity index is 405. The Kier molecular flexibility index (Phi) is 5.29. The molecule has 0 saturated carbocycles. The van der Waals surface area contributed by atoms with Crippen LogP contribution in [0.15, 0.2) is 12.1 Å². The van der Waals surface area contributed by atoms with Crippen molar-refractivity contribution in [1.29, 1.82) is 5.41 Å². The minimum absolute atomic E-state index is 0.322. The molecule has 0 bridgehead atoms. The van der Waals surface area contributed by atoms with Crippen LogP contribution >= 0.6 is 11.6 Å². The SMILES string of the molecule is COC(=N)CCCc1cc(Cl)c(OC)cc1C. The first-order valence-electron chi connectivity index (χ1n) is 5.53. The van der Waals surface area contributed by atoms with Crippen LogP contribution in [0.25, 0.3) is 0 Å². The van der Waals surface area contributed by atoms with Crippen LogP contribution in [-0.2, 0) is 11.2 Å². The van der Waals surface area contributed by atoms with Crippen molar-refractivity contribution >= 4 is 17.5 Å². The van der Waals surface area contributed by atoms with Gasteiger partial charge in [0.05, 0.1) is 19.2 Å². The molecule has 17 heavy (non-hydrogen) atoms. The van der Waals surface area contributed by atoms with Gasteiger partial charge < -0.3 is 9.47 Å². The molecule has 3 nitrogen and oxygen atoms in total. The number of rotatable bonds is 5. The lowest BCUT2D eigenvalue weighted by molar-refractivity contribution is 0.384. The van der Waals surface area contributed by atoms with Gasteiger partial charge in [-0.2, -0.15) is 0 Å². The molecule has 0 aliphatic carbocycles. The van der Waals surface area contributed by atoms with Crippen molar-refractivity contribution in [2.75, 3.05) is 14.2 Å². The van der Waals surface area contributed by atoms with Crippen LogP contribution in [0.1, 0.15) is 24.0 Å². The number of halogens is 1. The number of hydrogen-bond donors (Lipinski definition) is 1. The molecule has 0 atom stereocenters. The number of ether oxygens (including phenoxy) is 2. The molecular formula is C13H18ClNO2. The van der Waals surface area contributed by atoms with Crippen molar-refractivity contribution in [3.63, 3.8) is 0 Å². The van der Waals surface area contributed by atoms with E-state index in [-0.39, 0.29) is 0 Å². The molecule has 0 unspecified atom stereocenters. The Hall–Kier alpha value is -1.22. The van der Waals surface area contributed by atoms with E-state index >= 15 is 0 Å². The minimum atomic E-state index is 0.322. The van der Waals surface area contributed by atoms with Crippen LogP contribution < -0.4 is 4.74 Å². The van der Waals surface area contributed by atoms with Gasteiger partial charge in [-0.3, -0.25) is 5.41 Å². The summed E-state index contributed by atoms with van der Waals surface area (Å²) in [4.78, 5) is 0. The molecule has 0 aliphatic rings.